The van der Waals surface area contributed by atoms with Crippen molar-refractivity contribution in [3.63, 3.8) is 0 Å². The molecule has 0 bridgehead atoms. The molecule has 0 aromatic carbocycles. The third-order valence-electron chi connectivity index (χ3n) is 2.44. The summed E-state index contributed by atoms with van der Waals surface area (Å²) in [5.74, 6) is 0.116. The van der Waals surface area contributed by atoms with Crippen molar-refractivity contribution in [2.24, 2.45) is 0 Å². The lowest BCUT2D eigenvalue weighted by Crippen LogP contribution is -2.45. The molecule has 0 saturated carbocycles. The minimum absolute atomic E-state index is 0.116. The molecule has 0 unspecified atom stereocenters. The Labute approximate surface area is 99.6 Å². The molecule has 0 aliphatic heterocycles. The number of ketones is 1. The fourth-order valence-electron chi connectivity index (χ4n) is 1.41. The van der Waals surface area contributed by atoms with Crippen LogP contribution in [0.4, 0.5) is 0 Å². The van der Waals surface area contributed by atoms with Gasteiger partial charge in [-0.05, 0) is 12.8 Å². The lowest BCUT2D eigenvalue weighted by Gasteiger charge is -2.25. The SMILES string of the molecule is CCCC[Si](OC)(OC)OCC(=O)CCC. The Hall–Kier alpha value is -0.233. The van der Waals surface area contributed by atoms with Gasteiger partial charge in [-0.1, -0.05) is 20.3 Å². The van der Waals surface area contributed by atoms with Gasteiger partial charge in [0.05, 0.1) is 6.61 Å². The lowest BCUT2D eigenvalue weighted by molar-refractivity contribution is -0.122. The van der Waals surface area contributed by atoms with Gasteiger partial charge in [-0.25, -0.2) is 0 Å². The standard InChI is InChI=1S/C11H24O4Si/c1-5-7-9-16(13-3,14-4)15-10-11(12)8-6-2/h5-10H2,1-4H3. The number of unbranched alkanes of at least 4 members (excludes halogenated alkanes) is 1. The van der Waals surface area contributed by atoms with Crippen molar-refractivity contribution in [3.8, 4) is 0 Å². The summed E-state index contributed by atoms with van der Waals surface area (Å²) in [6.45, 7) is 4.20. The molecule has 0 fully saturated rings. The maximum Gasteiger partial charge on any atom is 0.500 e. The van der Waals surface area contributed by atoms with Gasteiger partial charge in [-0.15, -0.1) is 0 Å². The van der Waals surface area contributed by atoms with E-state index in [-0.39, 0.29) is 12.4 Å². The van der Waals surface area contributed by atoms with E-state index >= 15 is 0 Å². The van der Waals surface area contributed by atoms with Crippen LogP contribution in [0, 0.1) is 0 Å². The first-order chi connectivity index (χ1) is 7.64. The van der Waals surface area contributed by atoms with Crippen LogP contribution in [-0.4, -0.2) is 35.4 Å². The fraction of sp³-hybridized carbons (Fsp3) is 0.909. The molecule has 0 saturated heterocycles. The third-order valence-corrected chi connectivity index (χ3v) is 5.23. The van der Waals surface area contributed by atoms with Crippen molar-refractivity contribution in [2.45, 2.75) is 45.6 Å². The molecule has 0 atom stereocenters. The summed E-state index contributed by atoms with van der Waals surface area (Å²) < 4.78 is 16.3. The Morgan fingerprint density at radius 2 is 1.75 bits per heavy atom. The summed E-state index contributed by atoms with van der Waals surface area (Å²) in [7, 11) is 0.609. The highest BCUT2D eigenvalue weighted by Crippen LogP contribution is 2.17. The summed E-state index contributed by atoms with van der Waals surface area (Å²) in [5.41, 5.74) is 0. The van der Waals surface area contributed by atoms with Gasteiger partial charge in [0, 0.05) is 26.7 Å². The summed E-state index contributed by atoms with van der Waals surface area (Å²) in [4.78, 5) is 11.4. The van der Waals surface area contributed by atoms with Crippen LogP contribution >= 0.6 is 0 Å². The van der Waals surface area contributed by atoms with Crippen LogP contribution in [0.25, 0.3) is 0 Å². The molecule has 0 N–H and O–H groups in total. The summed E-state index contributed by atoms with van der Waals surface area (Å²) >= 11 is 0. The van der Waals surface area contributed by atoms with Crippen LogP contribution in [0.1, 0.15) is 39.5 Å². The number of Topliss-reactive ketones (excluding diaryl/α,β-unsaturated/α-hetero) is 1. The number of hydrogen-bond acceptors (Lipinski definition) is 4. The second-order valence-corrected chi connectivity index (χ2v) is 6.74. The Kier molecular flexibility index (Phi) is 8.74. The van der Waals surface area contributed by atoms with Crippen LogP contribution in [0.2, 0.25) is 6.04 Å². The zero-order valence-corrected chi connectivity index (χ0v) is 11.9. The van der Waals surface area contributed by atoms with Gasteiger partial charge < -0.3 is 13.3 Å². The molecule has 0 rings (SSSR count). The topological polar surface area (TPSA) is 44.8 Å². The average Bonchev–Trinajstić information content (AvgIpc) is 2.31. The molecule has 0 amide bonds. The first-order valence-electron chi connectivity index (χ1n) is 5.90. The van der Waals surface area contributed by atoms with Crippen molar-refractivity contribution in [2.75, 3.05) is 20.8 Å². The number of carbonyl (C=O) groups is 1. The molecule has 0 radical (unpaired) electrons. The largest absolute Gasteiger partial charge is 0.500 e. The van der Waals surface area contributed by atoms with Gasteiger partial charge in [-0.3, -0.25) is 4.79 Å². The molecule has 96 valence electrons. The van der Waals surface area contributed by atoms with E-state index in [4.69, 9.17) is 13.3 Å². The van der Waals surface area contributed by atoms with E-state index in [0.717, 1.165) is 25.3 Å². The van der Waals surface area contributed by atoms with Crippen LogP contribution < -0.4 is 0 Å². The molecule has 0 aromatic heterocycles. The van der Waals surface area contributed by atoms with E-state index in [1.165, 1.54) is 0 Å². The molecule has 0 aliphatic carbocycles. The van der Waals surface area contributed by atoms with Gasteiger partial charge in [0.15, 0.2) is 5.78 Å². The molecule has 0 aliphatic rings. The second kappa shape index (κ2) is 8.87. The van der Waals surface area contributed by atoms with E-state index in [2.05, 4.69) is 6.92 Å². The predicted molar refractivity (Wildman–Crippen MR) is 65.4 cm³/mol. The Morgan fingerprint density at radius 1 is 1.12 bits per heavy atom. The van der Waals surface area contributed by atoms with Crippen molar-refractivity contribution >= 4 is 14.6 Å². The normalized spacial score (nSPS) is 11.8. The Bertz CT molecular complexity index is 192. The van der Waals surface area contributed by atoms with Crippen LogP contribution in [-0.2, 0) is 18.1 Å². The summed E-state index contributed by atoms with van der Waals surface area (Å²) in [6.07, 6.45) is 3.47. The molecule has 0 aromatic rings. The fourth-order valence-corrected chi connectivity index (χ4v) is 3.53. The predicted octanol–water partition coefficient (Wildman–Crippen LogP) is 2.40. The minimum Gasteiger partial charge on any atom is -0.377 e. The lowest BCUT2D eigenvalue weighted by atomic mass is 10.2. The van der Waals surface area contributed by atoms with E-state index in [0.29, 0.717) is 6.42 Å². The zero-order valence-electron chi connectivity index (χ0n) is 10.9. The van der Waals surface area contributed by atoms with Gasteiger partial charge in [0.25, 0.3) is 0 Å². The quantitative estimate of drug-likeness (QED) is 0.557. The first-order valence-corrected chi connectivity index (χ1v) is 7.83. The molecule has 0 spiro atoms. The van der Waals surface area contributed by atoms with Gasteiger partial charge in [-0.2, -0.15) is 0 Å². The molecular weight excluding hydrogens is 224 g/mol. The maximum atomic E-state index is 11.4. The Balaban J connectivity index is 4.14. The van der Waals surface area contributed by atoms with Gasteiger partial charge >= 0.3 is 8.80 Å². The van der Waals surface area contributed by atoms with Crippen molar-refractivity contribution in [1.29, 1.82) is 0 Å². The monoisotopic (exact) mass is 248 g/mol. The highest BCUT2D eigenvalue weighted by atomic mass is 28.4. The van der Waals surface area contributed by atoms with Crippen LogP contribution in [0.3, 0.4) is 0 Å². The maximum absolute atomic E-state index is 11.4. The van der Waals surface area contributed by atoms with Crippen LogP contribution in [0.15, 0.2) is 0 Å². The van der Waals surface area contributed by atoms with Crippen molar-refractivity contribution < 1.29 is 18.1 Å². The number of carbonyl (C=O) groups excluding carboxylic acids is 1. The molecule has 5 heteroatoms. The van der Waals surface area contributed by atoms with Gasteiger partial charge in [0.1, 0.15) is 0 Å². The smallest absolute Gasteiger partial charge is 0.377 e. The van der Waals surface area contributed by atoms with Gasteiger partial charge in [0.2, 0.25) is 0 Å². The van der Waals surface area contributed by atoms with E-state index in [1.54, 1.807) is 14.2 Å². The van der Waals surface area contributed by atoms with Crippen LogP contribution in [0.5, 0.6) is 0 Å². The molecule has 0 heterocycles. The van der Waals surface area contributed by atoms with E-state index in [9.17, 15) is 4.79 Å². The minimum atomic E-state index is -2.58. The zero-order chi connectivity index (χ0) is 12.4. The first kappa shape index (κ1) is 15.8. The number of hydrogen-bond donors (Lipinski definition) is 0. The Morgan fingerprint density at radius 3 is 2.19 bits per heavy atom. The summed E-state index contributed by atoms with van der Waals surface area (Å²) in [6, 6.07) is 0.774. The second-order valence-electron chi connectivity index (χ2n) is 3.77. The molecular formula is C11H24O4Si. The van der Waals surface area contributed by atoms with E-state index < -0.39 is 8.80 Å². The molecule has 16 heavy (non-hydrogen) atoms. The summed E-state index contributed by atoms with van der Waals surface area (Å²) in [5, 5.41) is 0. The number of rotatable bonds is 10. The average molecular weight is 248 g/mol. The third kappa shape index (κ3) is 5.74. The highest BCUT2D eigenvalue weighted by Gasteiger charge is 2.38. The highest BCUT2D eigenvalue weighted by molar-refractivity contribution is 6.60. The van der Waals surface area contributed by atoms with Crippen molar-refractivity contribution in [3.05, 3.63) is 0 Å². The van der Waals surface area contributed by atoms with E-state index in [1.807, 2.05) is 6.92 Å². The molecule has 4 nitrogen and oxygen atoms in total. The van der Waals surface area contributed by atoms with Crippen molar-refractivity contribution in [1.82, 2.24) is 0 Å².